The number of sulfonamides is 1. The number of methoxy groups -OCH3 is 1. The van der Waals surface area contributed by atoms with Crippen LogP contribution >= 0.6 is 0 Å². The Morgan fingerprint density at radius 1 is 1.38 bits per heavy atom. The van der Waals surface area contributed by atoms with Crippen molar-refractivity contribution in [1.82, 2.24) is 9.62 Å². The van der Waals surface area contributed by atoms with Crippen molar-refractivity contribution < 1.29 is 17.5 Å². The minimum Gasteiger partial charge on any atom is -0.383 e. The molecule has 3 N–H and O–H groups in total. The highest BCUT2D eigenvalue weighted by molar-refractivity contribution is 7.89. The third-order valence-corrected chi connectivity index (χ3v) is 4.54. The molecule has 1 aromatic rings. The summed E-state index contributed by atoms with van der Waals surface area (Å²) >= 11 is 0. The van der Waals surface area contributed by atoms with Gasteiger partial charge in [-0.2, -0.15) is 0 Å². The molecular weight excluding hydrogens is 297 g/mol. The molecule has 0 aliphatic rings. The van der Waals surface area contributed by atoms with Crippen LogP contribution in [0, 0.1) is 5.82 Å². The van der Waals surface area contributed by atoms with Crippen LogP contribution in [0.5, 0.6) is 0 Å². The van der Waals surface area contributed by atoms with E-state index < -0.39 is 15.8 Å². The van der Waals surface area contributed by atoms with Crippen molar-refractivity contribution in [3.05, 3.63) is 29.6 Å². The van der Waals surface area contributed by atoms with E-state index in [1.807, 2.05) is 11.9 Å². The van der Waals surface area contributed by atoms with Crippen LogP contribution in [0.2, 0.25) is 0 Å². The monoisotopic (exact) mass is 319 g/mol. The van der Waals surface area contributed by atoms with Gasteiger partial charge in [0.25, 0.3) is 0 Å². The number of nitrogens with one attached hydrogen (secondary N) is 1. The van der Waals surface area contributed by atoms with Gasteiger partial charge in [0, 0.05) is 33.3 Å². The lowest BCUT2D eigenvalue weighted by Gasteiger charge is -2.17. The predicted molar refractivity (Wildman–Crippen MR) is 78.9 cm³/mol. The van der Waals surface area contributed by atoms with Gasteiger partial charge in [-0.1, -0.05) is 6.07 Å². The van der Waals surface area contributed by atoms with Gasteiger partial charge in [-0.3, -0.25) is 0 Å². The second kappa shape index (κ2) is 8.40. The minimum atomic E-state index is -3.77. The molecule has 0 spiro atoms. The first kappa shape index (κ1) is 18.0. The Kier molecular flexibility index (Phi) is 7.20. The van der Waals surface area contributed by atoms with Crippen LogP contribution in [-0.2, 0) is 21.3 Å². The van der Waals surface area contributed by atoms with Crippen molar-refractivity contribution in [2.24, 2.45) is 5.73 Å². The van der Waals surface area contributed by atoms with Gasteiger partial charge in [0.05, 0.1) is 11.5 Å². The number of rotatable bonds is 9. The molecule has 0 aliphatic heterocycles. The van der Waals surface area contributed by atoms with Crippen molar-refractivity contribution in [3.63, 3.8) is 0 Å². The number of ether oxygens (including phenoxy) is 1. The SMILES string of the molecule is COCCN(C)CCNS(=O)(=O)c1cc(F)ccc1CN. The maximum Gasteiger partial charge on any atom is 0.241 e. The molecule has 0 saturated heterocycles. The highest BCUT2D eigenvalue weighted by Gasteiger charge is 2.18. The molecule has 0 saturated carbocycles. The normalized spacial score (nSPS) is 12.0. The van der Waals surface area contributed by atoms with E-state index in [0.717, 1.165) is 6.07 Å². The van der Waals surface area contributed by atoms with E-state index in [1.165, 1.54) is 12.1 Å². The zero-order valence-corrected chi connectivity index (χ0v) is 13.1. The van der Waals surface area contributed by atoms with Crippen LogP contribution < -0.4 is 10.5 Å². The molecule has 0 bridgehead atoms. The third kappa shape index (κ3) is 5.68. The number of hydrogen-bond acceptors (Lipinski definition) is 5. The molecule has 0 heterocycles. The molecule has 8 heteroatoms. The second-order valence-corrected chi connectivity index (χ2v) is 6.39. The molecular formula is C13H22FN3O3S. The highest BCUT2D eigenvalue weighted by atomic mass is 32.2. The van der Waals surface area contributed by atoms with Crippen LogP contribution in [0.25, 0.3) is 0 Å². The summed E-state index contributed by atoms with van der Waals surface area (Å²) < 4.78 is 45.0. The first-order valence-corrected chi connectivity index (χ1v) is 8.04. The topological polar surface area (TPSA) is 84.7 Å². The van der Waals surface area contributed by atoms with E-state index in [2.05, 4.69) is 4.72 Å². The van der Waals surface area contributed by atoms with E-state index in [-0.39, 0.29) is 18.0 Å². The molecule has 0 unspecified atom stereocenters. The van der Waals surface area contributed by atoms with Crippen molar-refractivity contribution in [3.8, 4) is 0 Å². The fourth-order valence-corrected chi connectivity index (χ4v) is 3.03. The van der Waals surface area contributed by atoms with Gasteiger partial charge in [0.15, 0.2) is 0 Å². The second-order valence-electron chi connectivity index (χ2n) is 4.65. The Balaban J connectivity index is 2.68. The number of nitrogens with zero attached hydrogens (tertiary/aromatic N) is 1. The Hall–Kier alpha value is -1.06. The highest BCUT2D eigenvalue weighted by Crippen LogP contribution is 2.16. The molecule has 0 fully saturated rings. The molecule has 0 atom stereocenters. The van der Waals surface area contributed by atoms with Gasteiger partial charge in [-0.15, -0.1) is 0 Å². The minimum absolute atomic E-state index is 0.0320. The summed E-state index contributed by atoms with van der Waals surface area (Å²) in [5.74, 6) is -0.607. The van der Waals surface area contributed by atoms with Crippen molar-refractivity contribution in [1.29, 1.82) is 0 Å². The van der Waals surface area contributed by atoms with Gasteiger partial charge >= 0.3 is 0 Å². The zero-order chi connectivity index (χ0) is 15.9. The standard InChI is InChI=1S/C13H22FN3O3S/c1-17(7-8-20-2)6-5-16-21(18,19)13-9-12(14)4-3-11(13)10-15/h3-4,9,16H,5-8,10,15H2,1-2H3. The lowest BCUT2D eigenvalue weighted by molar-refractivity contribution is 0.162. The molecule has 120 valence electrons. The Labute approximate surface area is 125 Å². The summed E-state index contributed by atoms with van der Waals surface area (Å²) in [4.78, 5) is 1.83. The number of nitrogens with two attached hydrogens (primary N) is 1. The summed E-state index contributed by atoms with van der Waals surface area (Å²) in [6.07, 6.45) is 0. The summed E-state index contributed by atoms with van der Waals surface area (Å²) in [6, 6.07) is 3.56. The van der Waals surface area contributed by atoms with Gasteiger partial charge in [0.2, 0.25) is 10.0 Å². The van der Waals surface area contributed by atoms with E-state index in [0.29, 0.717) is 25.3 Å². The Bertz CT molecular complexity index is 552. The van der Waals surface area contributed by atoms with Crippen molar-refractivity contribution in [2.75, 3.05) is 40.4 Å². The van der Waals surface area contributed by atoms with Gasteiger partial charge in [0.1, 0.15) is 5.82 Å². The predicted octanol–water partition coefficient (Wildman–Crippen LogP) is 0.141. The molecule has 21 heavy (non-hydrogen) atoms. The summed E-state index contributed by atoms with van der Waals surface area (Å²) in [5, 5.41) is 0. The molecule has 0 aliphatic carbocycles. The van der Waals surface area contributed by atoms with Crippen LogP contribution in [0.4, 0.5) is 4.39 Å². The number of halogens is 1. The van der Waals surface area contributed by atoms with Crippen LogP contribution in [-0.4, -0.2) is 53.7 Å². The molecule has 1 rings (SSSR count). The zero-order valence-electron chi connectivity index (χ0n) is 12.3. The number of benzene rings is 1. The van der Waals surface area contributed by atoms with Gasteiger partial charge in [-0.25, -0.2) is 17.5 Å². The van der Waals surface area contributed by atoms with Crippen LogP contribution in [0.15, 0.2) is 23.1 Å². The Morgan fingerprint density at radius 2 is 2.10 bits per heavy atom. The number of likely N-dealkylation sites (N-methyl/N-ethyl adjacent to an activating group) is 1. The van der Waals surface area contributed by atoms with E-state index in [1.54, 1.807) is 7.11 Å². The summed E-state index contributed by atoms with van der Waals surface area (Å²) in [7, 11) is -0.302. The molecule has 1 aromatic carbocycles. The van der Waals surface area contributed by atoms with E-state index in [9.17, 15) is 12.8 Å². The molecule has 0 amide bonds. The first-order chi connectivity index (χ1) is 9.90. The lowest BCUT2D eigenvalue weighted by Crippen LogP contribution is -2.34. The number of hydrogen-bond donors (Lipinski definition) is 2. The fraction of sp³-hybridized carbons (Fsp3) is 0.538. The molecule has 0 aromatic heterocycles. The van der Waals surface area contributed by atoms with Crippen molar-refractivity contribution >= 4 is 10.0 Å². The van der Waals surface area contributed by atoms with Gasteiger partial charge in [-0.05, 0) is 24.7 Å². The first-order valence-electron chi connectivity index (χ1n) is 6.56. The summed E-state index contributed by atoms with van der Waals surface area (Å²) in [6.45, 7) is 2.06. The summed E-state index contributed by atoms with van der Waals surface area (Å²) in [5.41, 5.74) is 5.88. The quantitative estimate of drug-likeness (QED) is 0.676. The van der Waals surface area contributed by atoms with E-state index in [4.69, 9.17) is 10.5 Å². The molecule has 6 nitrogen and oxygen atoms in total. The average molecular weight is 319 g/mol. The lowest BCUT2D eigenvalue weighted by atomic mass is 10.2. The maximum atomic E-state index is 13.2. The fourth-order valence-electron chi connectivity index (χ4n) is 1.75. The molecule has 0 radical (unpaired) electrons. The maximum absolute atomic E-state index is 13.2. The van der Waals surface area contributed by atoms with Crippen molar-refractivity contribution in [2.45, 2.75) is 11.4 Å². The largest absolute Gasteiger partial charge is 0.383 e. The smallest absolute Gasteiger partial charge is 0.241 e. The van der Waals surface area contributed by atoms with Gasteiger partial charge < -0.3 is 15.4 Å². The average Bonchev–Trinajstić information content (AvgIpc) is 2.44. The van der Waals surface area contributed by atoms with Crippen LogP contribution in [0.1, 0.15) is 5.56 Å². The third-order valence-electron chi connectivity index (χ3n) is 3.00. The van der Waals surface area contributed by atoms with E-state index >= 15 is 0 Å². The van der Waals surface area contributed by atoms with Crippen LogP contribution in [0.3, 0.4) is 0 Å². The Morgan fingerprint density at radius 3 is 2.71 bits per heavy atom.